The summed E-state index contributed by atoms with van der Waals surface area (Å²) >= 11 is 1.61. The maximum Gasteiger partial charge on any atom is 0.271 e. The van der Waals surface area contributed by atoms with E-state index in [1.165, 1.54) is 12.1 Å². The van der Waals surface area contributed by atoms with Crippen molar-refractivity contribution in [3.63, 3.8) is 0 Å². The van der Waals surface area contributed by atoms with E-state index in [9.17, 15) is 10.1 Å². The molecule has 6 nitrogen and oxygen atoms in total. The van der Waals surface area contributed by atoms with Gasteiger partial charge in [-0.05, 0) is 18.2 Å². The monoisotopic (exact) mass is 290 g/mol. The quantitative estimate of drug-likeness (QED) is 0.525. The van der Waals surface area contributed by atoms with E-state index < -0.39 is 4.92 Å². The highest BCUT2D eigenvalue weighted by atomic mass is 32.2. The highest BCUT2D eigenvalue weighted by Crippen LogP contribution is 2.24. The normalized spacial score (nSPS) is 11.0. The zero-order valence-electron chi connectivity index (χ0n) is 10.3. The fourth-order valence-corrected chi connectivity index (χ4v) is 2.54. The van der Waals surface area contributed by atoms with Crippen molar-refractivity contribution in [3.8, 4) is 0 Å². The Morgan fingerprint density at radius 3 is 2.95 bits per heavy atom. The number of nitro benzene ring substituents is 1. The third-order valence-electron chi connectivity index (χ3n) is 2.68. The molecule has 0 bridgehead atoms. The van der Waals surface area contributed by atoms with Crippen molar-refractivity contribution in [3.05, 3.63) is 58.4 Å². The molecule has 1 aromatic carbocycles. The number of furan rings is 1. The van der Waals surface area contributed by atoms with Crippen molar-refractivity contribution < 1.29 is 13.8 Å². The van der Waals surface area contributed by atoms with Crippen LogP contribution in [0.2, 0.25) is 0 Å². The minimum Gasteiger partial charge on any atom is -0.468 e. The van der Waals surface area contributed by atoms with Gasteiger partial charge in [0.2, 0.25) is 5.89 Å². The second-order valence-corrected chi connectivity index (χ2v) is 5.07. The Balaban J connectivity index is 1.70. The van der Waals surface area contributed by atoms with Crippen LogP contribution in [0.15, 0.2) is 45.4 Å². The summed E-state index contributed by atoms with van der Waals surface area (Å²) in [5.41, 5.74) is 1.08. The Bertz CT molecular complexity index is 736. The smallest absolute Gasteiger partial charge is 0.271 e. The number of benzene rings is 1. The number of thioether (sulfide) groups is 1. The molecule has 0 N–H and O–H groups in total. The summed E-state index contributed by atoms with van der Waals surface area (Å²) in [6, 6.07) is 8.14. The van der Waals surface area contributed by atoms with E-state index in [0.29, 0.717) is 22.7 Å². The van der Waals surface area contributed by atoms with E-state index in [4.69, 9.17) is 8.83 Å². The van der Waals surface area contributed by atoms with Gasteiger partial charge in [-0.15, -0.1) is 11.8 Å². The van der Waals surface area contributed by atoms with E-state index in [1.54, 1.807) is 24.1 Å². The van der Waals surface area contributed by atoms with E-state index in [2.05, 4.69) is 4.98 Å². The number of non-ortho nitro benzene ring substituents is 1. The van der Waals surface area contributed by atoms with Gasteiger partial charge in [-0.1, -0.05) is 0 Å². The molecule has 0 unspecified atom stereocenters. The van der Waals surface area contributed by atoms with Crippen LogP contribution in [0.4, 0.5) is 5.69 Å². The predicted molar refractivity (Wildman–Crippen MR) is 74.4 cm³/mol. The van der Waals surface area contributed by atoms with Crippen molar-refractivity contribution in [2.45, 2.75) is 11.5 Å². The van der Waals surface area contributed by atoms with Crippen LogP contribution in [0.1, 0.15) is 11.7 Å². The van der Waals surface area contributed by atoms with Crippen molar-refractivity contribution in [2.24, 2.45) is 0 Å². The molecule has 102 valence electrons. The van der Waals surface area contributed by atoms with Crippen molar-refractivity contribution >= 4 is 28.5 Å². The van der Waals surface area contributed by atoms with Gasteiger partial charge in [-0.2, -0.15) is 0 Å². The Morgan fingerprint density at radius 1 is 1.30 bits per heavy atom. The van der Waals surface area contributed by atoms with Crippen LogP contribution in [0, 0.1) is 10.1 Å². The van der Waals surface area contributed by atoms with Crippen LogP contribution < -0.4 is 0 Å². The molecule has 0 atom stereocenters. The lowest BCUT2D eigenvalue weighted by molar-refractivity contribution is -0.384. The molecule has 0 saturated carbocycles. The first-order chi connectivity index (χ1) is 9.72. The summed E-state index contributed by atoms with van der Waals surface area (Å²) in [5, 5.41) is 10.7. The van der Waals surface area contributed by atoms with Gasteiger partial charge >= 0.3 is 0 Å². The summed E-state index contributed by atoms with van der Waals surface area (Å²) in [5.74, 6) is 2.76. The first-order valence-electron chi connectivity index (χ1n) is 5.86. The molecular weight excluding hydrogens is 280 g/mol. The predicted octanol–water partition coefficient (Wildman–Crippen LogP) is 3.76. The number of oxazole rings is 1. The highest BCUT2D eigenvalue weighted by Gasteiger charge is 2.11. The second kappa shape index (κ2) is 5.38. The van der Waals surface area contributed by atoms with Crippen LogP contribution in [0.5, 0.6) is 0 Å². The SMILES string of the molecule is O=[N+]([O-])c1ccc2oc(CSCc3ccco3)nc2c1. The number of hydrogen-bond acceptors (Lipinski definition) is 6. The number of aromatic nitrogens is 1. The molecule has 0 aliphatic rings. The van der Waals surface area contributed by atoms with E-state index in [0.717, 1.165) is 11.5 Å². The molecule has 0 radical (unpaired) electrons. The molecule has 2 aromatic heterocycles. The third kappa shape index (κ3) is 2.67. The molecule has 3 rings (SSSR count). The lowest BCUT2D eigenvalue weighted by atomic mass is 10.3. The minimum absolute atomic E-state index is 0.0144. The van der Waals surface area contributed by atoms with E-state index >= 15 is 0 Å². The summed E-state index contributed by atoms with van der Waals surface area (Å²) in [7, 11) is 0. The van der Waals surface area contributed by atoms with Crippen molar-refractivity contribution in [2.75, 3.05) is 0 Å². The summed E-state index contributed by atoms with van der Waals surface area (Å²) in [6.07, 6.45) is 1.63. The fraction of sp³-hybridized carbons (Fsp3) is 0.154. The number of rotatable bonds is 5. The lowest BCUT2D eigenvalue weighted by Gasteiger charge is -1.94. The lowest BCUT2D eigenvalue weighted by Crippen LogP contribution is -1.86. The van der Waals surface area contributed by atoms with Gasteiger partial charge in [0.05, 0.1) is 22.7 Å². The Labute approximate surface area is 117 Å². The first-order valence-corrected chi connectivity index (χ1v) is 7.02. The standard InChI is InChI=1S/C13H10N2O4S/c16-15(17)9-3-4-12-11(6-9)14-13(19-12)8-20-7-10-2-1-5-18-10/h1-6H,7-8H2. The maximum absolute atomic E-state index is 10.7. The largest absolute Gasteiger partial charge is 0.468 e. The molecule has 0 amide bonds. The van der Waals surface area contributed by atoms with Crippen molar-refractivity contribution in [1.82, 2.24) is 4.98 Å². The first kappa shape index (κ1) is 12.7. The third-order valence-corrected chi connectivity index (χ3v) is 3.62. The number of hydrogen-bond donors (Lipinski definition) is 0. The van der Waals surface area contributed by atoms with Crippen LogP contribution in [0.3, 0.4) is 0 Å². The van der Waals surface area contributed by atoms with Crippen LogP contribution in [-0.4, -0.2) is 9.91 Å². The number of fused-ring (bicyclic) bond motifs is 1. The van der Waals surface area contributed by atoms with Crippen LogP contribution in [0.25, 0.3) is 11.1 Å². The summed E-state index contributed by atoms with van der Waals surface area (Å²) < 4.78 is 10.8. The topological polar surface area (TPSA) is 82.3 Å². The molecule has 0 aliphatic heterocycles. The second-order valence-electron chi connectivity index (χ2n) is 4.09. The Morgan fingerprint density at radius 2 is 2.20 bits per heavy atom. The number of nitro groups is 1. The van der Waals surface area contributed by atoms with Gasteiger partial charge in [0.15, 0.2) is 5.58 Å². The molecule has 7 heteroatoms. The number of nitrogens with zero attached hydrogens (tertiary/aromatic N) is 2. The molecule has 20 heavy (non-hydrogen) atoms. The fourth-order valence-electron chi connectivity index (χ4n) is 1.77. The average molecular weight is 290 g/mol. The van der Waals surface area contributed by atoms with Gasteiger partial charge < -0.3 is 8.83 Å². The zero-order valence-corrected chi connectivity index (χ0v) is 11.1. The molecule has 0 fully saturated rings. The van der Waals surface area contributed by atoms with E-state index in [1.807, 2.05) is 12.1 Å². The Kier molecular flexibility index (Phi) is 3.42. The minimum atomic E-state index is -0.445. The highest BCUT2D eigenvalue weighted by molar-refractivity contribution is 7.97. The van der Waals surface area contributed by atoms with Gasteiger partial charge in [-0.25, -0.2) is 4.98 Å². The van der Waals surface area contributed by atoms with Gasteiger partial charge in [0.1, 0.15) is 11.3 Å². The molecule has 2 heterocycles. The van der Waals surface area contributed by atoms with Gasteiger partial charge in [0.25, 0.3) is 5.69 Å². The molecule has 3 aromatic rings. The average Bonchev–Trinajstić information content (AvgIpc) is 3.06. The van der Waals surface area contributed by atoms with Crippen molar-refractivity contribution in [1.29, 1.82) is 0 Å². The van der Waals surface area contributed by atoms with Gasteiger partial charge in [0, 0.05) is 12.1 Å². The van der Waals surface area contributed by atoms with Crippen LogP contribution in [-0.2, 0) is 11.5 Å². The molecular formula is C13H10N2O4S. The van der Waals surface area contributed by atoms with E-state index in [-0.39, 0.29) is 5.69 Å². The summed E-state index contributed by atoms with van der Waals surface area (Å²) in [4.78, 5) is 14.5. The zero-order chi connectivity index (χ0) is 13.9. The van der Waals surface area contributed by atoms with Gasteiger partial charge in [-0.3, -0.25) is 10.1 Å². The summed E-state index contributed by atoms with van der Waals surface area (Å²) in [6.45, 7) is 0. The molecule has 0 saturated heterocycles. The molecule has 0 aliphatic carbocycles. The van der Waals surface area contributed by atoms with Crippen LogP contribution >= 0.6 is 11.8 Å². The maximum atomic E-state index is 10.7. The Hall–Kier alpha value is -2.28. The molecule has 0 spiro atoms.